The zero-order chi connectivity index (χ0) is 17.7. The van der Waals surface area contributed by atoms with Crippen LogP contribution in [0.1, 0.15) is 0 Å². The van der Waals surface area contributed by atoms with Gasteiger partial charge in [-0.15, -0.1) is 0 Å². The van der Waals surface area contributed by atoms with Crippen LogP contribution in [0.5, 0.6) is 0 Å². The molecule has 0 saturated carbocycles. The second-order valence-corrected chi connectivity index (χ2v) is 9.17. The van der Waals surface area contributed by atoms with Crippen LogP contribution >= 0.6 is 0 Å². The van der Waals surface area contributed by atoms with Gasteiger partial charge in [0.25, 0.3) is 12.0 Å². The number of halogens is 12. The van der Waals surface area contributed by atoms with E-state index >= 15 is 0 Å². The molecule has 0 aromatic heterocycles. The topological polar surface area (TPSA) is 0 Å². The van der Waals surface area contributed by atoms with E-state index in [9.17, 15) is 52.7 Å². The first kappa shape index (κ1) is 20.4. The molecular formula is C8H8F12Si. The van der Waals surface area contributed by atoms with Crippen LogP contribution in [0.15, 0.2) is 0 Å². The van der Waals surface area contributed by atoms with Crippen molar-refractivity contribution in [2.24, 2.45) is 0 Å². The standard InChI is InChI=1S/C8H8F12Si/c1-21(2,6(15,16)4(11)12)8(19,20)7(17,18)5(13,14)3(9)10/h3-4H,1-2H3. The fraction of sp³-hybridized carbons (Fsp3) is 1.00. The summed E-state index contributed by atoms with van der Waals surface area (Å²) in [4.78, 5) is 0. The van der Waals surface area contributed by atoms with Crippen LogP contribution in [0.3, 0.4) is 0 Å². The van der Waals surface area contributed by atoms with E-state index < -0.39 is 57.0 Å². The summed E-state index contributed by atoms with van der Waals surface area (Å²) >= 11 is 0. The SMILES string of the molecule is C[Si](C)(C(F)(F)C(F)F)C(F)(F)C(F)(F)C(F)(F)C(F)F. The minimum Gasteiger partial charge on any atom is -0.205 e. The molecule has 0 aliphatic rings. The summed E-state index contributed by atoms with van der Waals surface area (Å²) in [5, 5.41) is 0. The highest BCUT2D eigenvalue weighted by atomic mass is 28.3. The Labute approximate surface area is 111 Å². The Kier molecular flexibility index (Phi) is 5.07. The summed E-state index contributed by atoms with van der Waals surface area (Å²) in [7, 11) is -6.49. The van der Waals surface area contributed by atoms with Crippen molar-refractivity contribution >= 4 is 8.07 Å². The Morgan fingerprint density at radius 2 is 1.00 bits per heavy atom. The number of alkyl halides is 12. The van der Waals surface area contributed by atoms with Crippen molar-refractivity contribution in [2.75, 3.05) is 0 Å². The molecular weight excluding hydrogens is 352 g/mol. The average Bonchev–Trinajstić information content (AvgIpc) is 2.27. The maximum Gasteiger partial charge on any atom is 0.375 e. The lowest BCUT2D eigenvalue weighted by Gasteiger charge is -2.42. The molecule has 128 valence electrons. The van der Waals surface area contributed by atoms with Crippen molar-refractivity contribution in [3.05, 3.63) is 0 Å². The van der Waals surface area contributed by atoms with Crippen molar-refractivity contribution in [1.29, 1.82) is 0 Å². The fourth-order valence-corrected chi connectivity index (χ4v) is 3.14. The second-order valence-electron chi connectivity index (χ2n) is 4.62. The van der Waals surface area contributed by atoms with Crippen molar-refractivity contribution in [3.8, 4) is 0 Å². The lowest BCUT2D eigenvalue weighted by molar-refractivity contribution is -0.320. The Bertz CT molecular complexity index is 339. The molecule has 0 aromatic carbocycles. The molecule has 0 heterocycles. The smallest absolute Gasteiger partial charge is 0.205 e. The van der Waals surface area contributed by atoms with Crippen LogP contribution in [-0.4, -0.2) is 43.9 Å². The summed E-state index contributed by atoms with van der Waals surface area (Å²) < 4.78 is 152. The van der Waals surface area contributed by atoms with Gasteiger partial charge in [-0.3, -0.25) is 0 Å². The first-order chi connectivity index (χ1) is 8.89. The summed E-state index contributed by atoms with van der Waals surface area (Å²) in [5.41, 5.74) is -12.1. The van der Waals surface area contributed by atoms with E-state index in [2.05, 4.69) is 0 Å². The molecule has 0 aliphatic carbocycles. The van der Waals surface area contributed by atoms with E-state index in [0.717, 1.165) is 0 Å². The number of rotatable bonds is 6. The summed E-state index contributed by atoms with van der Waals surface area (Å²) in [6.07, 6.45) is -10.1. The molecule has 13 heteroatoms. The first-order valence-corrected chi connectivity index (χ1v) is 7.96. The maximum absolute atomic E-state index is 13.4. The van der Waals surface area contributed by atoms with Crippen LogP contribution < -0.4 is 0 Å². The van der Waals surface area contributed by atoms with Crippen molar-refractivity contribution in [1.82, 2.24) is 0 Å². The fourth-order valence-electron chi connectivity index (χ4n) is 1.22. The van der Waals surface area contributed by atoms with Gasteiger partial charge in [-0.1, -0.05) is 13.1 Å². The van der Waals surface area contributed by atoms with Crippen LogP contribution in [-0.2, 0) is 0 Å². The van der Waals surface area contributed by atoms with Gasteiger partial charge < -0.3 is 0 Å². The Morgan fingerprint density at radius 3 is 1.24 bits per heavy atom. The quantitative estimate of drug-likeness (QED) is 0.470. The highest BCUT2D eigenvalue weighted by Crippen LogP contribution is 2.55. The zero-order valence-corrected chi connectivity index (χ0v) is 11.2. The first-order valence-electron chi connectivity index (χ1n) is 4.96. The van der Waals surface area contributed by atoms with Crippen LogP contribution in [0.2, 0.25) is 13.1 Å². The lowest BCUT2D eigenvalue weighted by atomic mass is 10.2. The van der Waals surface area contributed by atoms with Gasteiger partial charge in [-0.25, -0.2) is 35.1 Å². The third kappa shape index (κ3) is 2.61. The van der Waals surface area contributed by atoms with E-state index in [1.165, 1.54) is 0 Å². The molecule has 0 aromatic rings. The van der Waals surface area contributed by atoms with E-state index in [1.54, 1.807) is 0 Å². The number of hydrogen-bond donors (Lipinski definition) is 0. The van der Waals surface area contributed by atoms with E-state index in [0.29, 0.717) is 0 Å². The normalized spacial score (nSPS) is 16.0. The Balaban J connectivity index is 6.09. The second kappa shape index (κ2) is 5.23. The molecule has 21 heavy (non-hydrogen) atoms. The van der Waals surface area contributed by atoms with E-state index in [1.807, 2.05) is 0 Å². The molecule has 0 bridgehead atoms. The van der Waals surface area contributed by atoms with Crippen LogP contribution in [0.4, 0.5) is 52.7 Å². The molecule has 0 amide bonds. The summed E-state index contributed by atoms with van der Waals surface area (Å²) in [6, 6.07) is 0. The largest absolute Gasteiger partial charge is 0.375 e. The molecule has 0 nitrogen and oxygen atoms in total. The summed E-state index contributed by atoms with van der Waals surface area (Å²) in [6.45, 7) is -0.816. The molecule has 0 aliphatic heterocycles. The van der Waals surface area contributed by atoms with Gasteiger partial charge in [0.2, 0.25) is 8.07 Å². The average molecular weight is 360 g/mol. The molecule has 0 atom stereocenters. The van der Waals surface area contributed by atoms with Gasteiger partial charge in [0.15, 0.2) is 0 Å². The van der Waals surface area contributed by atoms with Crippen molar-refractivity contribution < 1.29 is 52.7 Å². The van der Waals surface area contributed by atoms with E-state index in [-0.39, 0.29) is 0 Å². The highest BCUT2D eigenvalue weighted by molar-refractivity contribution is 6.82. The minimum atomic E-state index is -6.93. The molecule has 0 spiro atoms. The van der Waals surface area contributed by atoms with Gasteiger partial charge in [-0.05, 0) is 0 Å². The van der Waals surface area contributed by atoms with Gasteiger partial charge in [-0.2, -0.15) is 17.6 Å². The third-order valence-electron chi connectivity index (χ3n) is 2.98. The Hall–Kier alpha value is -0.623. The highest BCUT2D eigenvalue weighted by Gasteiger charge is 2.84. The monoisotopic (exact) mass is 360 g/mol. The molecule has 0 N–H and O–H groups in total. The van der Waals surface area contributed by atoms with Gasteiger partial charge in [0.05, 0.1) is 0 Å². The molecule has 0 saturated heterocycles. The molecule has 0 radical (unpaired) electrons. The van der Waals surface area contributed by atoms with E-state index in [4.69, 9.17) is 0 Å². The van der Waals surface area contributed by atoms with Crippen molar-refractivity contribution in [3.63, 3.8) is 0 Å². The van der Waals surface area contributed by atoms with Gasteiger partial charge in [0, 0.05) is 0 Å². The van der Waals surface area contributed by atoms with Gasteiger partial charge in [0.1, 0.15) is 0 Å². The predicted octanol–water partition coefficient (Wildman–Crippen LogP) is 4.84. The zero-order valence-electron chi connectivity index (χ0n) is 10.2. The number of hydrogen-bond acceptors (Lipinski definition) is 0. The van der Waals surface area contributed by atoms with Crippen LogP contribution in [0, 0.1) is 0 Å². The lowest BCUT2D eigenvalue weighted by Crippen LogP contribution is -2.74. The predicted molar refractivity (Wildman–Crippen MR) is 49.3 cm³/mol. The molecule has 0 unspecified atom stereocenters. The van der Waals surface area contributed by atoms with Gasteiger partial charge >= 0.3 is 23.8 Å². The Morgan fingerprint density at radius 1 is 0.667 bits per heavy atom. The molecule has 0 rings (SSSR count). The third-order valence-corrected chi connectivity index (χ3v) is 6.75. The maximum atomic E-state index is 13.4. The summed E-state index contributed by atoms with van der Waals surface area (Å²) in [5.74, 6) is -13.6. The molecule has 0 fully saturated rings. The van der Waals surface area contributed by atoms with Crippen molar-refractivity contribution in [2.45, 2.75) is 48.9 Å². The minimum absolute atomic E-state index is 0.408. The van der Waals surface area contributed by atoms with Crippen LogP contribution in [0.25, 0.3) is 0 Å².